The predicted molar refractivity (Wildman–Crippen MR) is 126 cm³/mol. The maximum atomic E-state index is 12.5. The largest absolute Gasteiger partial charge is 0.309 e. The number of benzene rings is 1. The fraction of sp³-hybridized carbons (Fsp3) is 0.391. The Labute approximate surface area is 189 Å². The molecule has 0 bridgehead atoms. The number of aromatic nitrogens is 5. The highest BCUT2D eigenvalue weighted by molar-refractivity contribution is 7.99. The van der Waals surface area contributed by atoms with Crippen molar-refractivity contribution in [3.8, 4) is 0 Å². The quantitative estimate of drug-likeness (QED) is 0.390. The molecule has 160 valence electrons. The van der Waals surface area contributed by atoms with Crippen molar-refractivity contribution < 1.29 is 0 Å². The average molecular weight is 452 g/mol. The molecule has 1 N–H and O–H groups in total. The molecule has 0 aliphatic heterocycles. The van der Waals surface area contributed by atoms with Gasteiger partial charge in [0.05, 0.1) is 16.2 Å². The van der Waals surface area contributed by atoms with Crippen LogP contribution in [0.4, 0.5) is 0 Å². The van der Waals surface area contributed by atoms with Crippen molar-refractivity contribution in [2.45, 2.75) is 61.9 Å². The third kappa shape index (κ3) is 4.32. The van der Waals surface area contributed by atoms with E-state index in [-0.39, 0.29) is 10.8 Å². The Morgan fingerprint density at radius 3 is 2.81 bits per heavy atom. The Morgan fingerprint density at radius 1 is 1.16 bits per heavy atom. The van der Waals surface area contributed by atoms with E-state index < -0.39 is 0 Å². The van der Waals surface area contributed by atoms with Crippen molar-refractivity contribution in [1.82, 2.24) is 24.7 Å². The van der Waals surface area contributed by atoms with Crippen LogP contribution in [0.15, 0.2) is 51.7 Å². The standard InChI is InChI=1S/C23H25N5OS2/c1-15(21-24-19-12-6-5-11-18(19)22(29)25-21)31-23-27-26-20(14-17-10-7-13-30-17)28(23)16-8-3-2-4-9-16/h5-7,10-13,15-16H,2-4,8-9,14H2,1H3,(H,24,25,29). The van der Waals surface area contributed by atoms with E-state index in [4.69, 9.17) is 4.98 Å². The molecule has 1 saturated carbocycles. The molecule has 4 aromatic rings. The Kier molecular flexibility index (Phi) is 5.91. The van der Waals surface area contributed by atoms with Crippen LogP contribution in [0, 0.1) is 0 Å². The number of hydrogen-bond donors (Lipinski definition) is 1. The van der Waals surface area contributed by atoms with Gasteiger partial charge >= 0.3 is 0 Å². The van der Waals surface area contributed by atoms with Gasteiger partial charge in [0.15, 0.2) is 5.16 Å². The SMILES string of the molecule is CC(Sc1nnc(Cc2cccs2)n1C1CCCCC1)c1nc2ccccc2c(=O)[nH]1. The molecule has 0 saturated heterocycles. The summed E-state index contributed by atoms with van der Waals surface area (Å²) in [5, 5.41) is 12.8. The minimum absolute atomic E-state index is 0.0431. The summed E-state index contributed by atoms with van der Waals surface area (Å²) in [6.07, 6.45) is 6.95. The lowest BCUT2D eigenvalue weighted by atomic mass is 9.95. The van der Waals surface area contributed by atoms with Crippen LogP contribution in [0.25, 0.3) is 10.9 Å². The van der Waals surface area contributed by atoms with Crippen LogP contribution < -0.4 is 5.56 Å². The second-order valence-corrected chi connectivity index (χ2v) is 10.4. The average Bonchev–Trinajstić information content (AvgIpc) is 3.45. The first kappa shape index (κ1) is 20.5. The zero-order chi connectivity index (χ0) is 21.2. The molecular formula is C23H25N5OS2. The first-order valence-corrected chi connectivity index (χ1v) is 12.6. The number of fused-ring (bicyclic) bond motifs is 1. The molecule has 1 aliphatic carbocycles. The van der Waals surface area contributed by atoms with Gasteiger partial charge < -0.3 is 9.55 Å². The molecule has 0 spiro atoms. The first-order valence-electron chi connectivity index (χ1n) is 10.8. The van der Waals surface area contributed by atoms with E-state index in [1.807, 2.05) is 18.2 Å². The van der Waals surface area contributed by atoms with Crippen LogP contribution in [0.1, 0.15) is 66.8 Å². The molecule has 1 atom stereocenters. The smallest absolute Gasteiger partial charge is 0.258 e. The van der Waals surface area contributed by atoms with Gasteiger partial charge in [-0.15, -0.1) is 21.5 Å². The normalized spacial score (nSPS) is 16.0. The predicted octanol–water partition coefficient (Wildman–Crippen LogP) is 5.53. The summed E-state index contributed by atoms with van der Waals surface area (Å²) in [5.74, 6) is 1.70. The number of para-hydroxylation sites is 1. The molecule has 6 nitrogen and oxygen atoms in total. The zero-order valence-electron chi connectivity index (χ0n) is 17.5. The van der Waals surface area contributed by atoms with Gasteiger partial charge in [0.2, 0.25) is 0 Å². The minimum Gasteiger partial charge on any atom is -0.309 e. The van der Waals surface area contributed by atoms with Crippen LogP contribution >= 0.6 is 23.1 Å². The third-order valence-electron chi connectivity index (χ3n) is 5.89. The van der Waals surface area contributed by atoms with Gasteiger partial charge in [0.25, 0.3) is 5.56 Å². The highest BCUT2D eigenvalue weighted by atomic mass is 32.2. The van der Waals surface area contributed by atoms with Crippen LogP contribution in [0.2, 0.25) is 0 Å². The third-order valence-corrected chi connectivity index (χ3v) is 7.83. The van der Waals surface area contributed by atoms with Crippen LogP contribution in [-0.2, 0) is 6.42 Å². The number of hydrogen-bond acceptors (Lipinski definition) is 6. The highest BCUT2D eigenvalue weighted by Crippen LogP contribution is 2.38. The second-order valence-electron chi connectivity index (χ2n) is 8.05. The lowest BCUT2D eigenvalue weighted by Gasteiger charge is -2.26. The van der Waals surface area contributed by atoms with Crippen molar-refractivity contribution in [2.24, 2.45) is 0 Å². The fourth-order valence-corrected chi connectivity index (χ4v) is 5.99. The lowest BCUT2D eigenvalue weighted by Crippen LogP contribution is -2.17. The van der Waals surface area contributed by atoms with E-state index in [9.17, 15) is 4.79 Å². The van der Waals surface area contributed by atoms with Gasteiger partial charge in [0, 0.05) is 17.3 Å². The molecule has 1 aliphatic rings. The molecular weight excluding hydrogens is 426 g/mol. The molecule has 0 radical (unpaired) electrons. The maximum absolute atomic E-state index is 12.5. The number of H-pyrrole nitrogens is 1. The van der Waals surface area contributed by atoms with Gasteiger partial charge in [-0.2, -0.15) is 0 Å². The summed E-state index contributed by atoms with van der Waals surface area (Å²) in [6.45, 7) is 2.07. The molecule has 1 unspecified atom stereocenters. The van der Waals surface area contributed by atoms with Gasteiger partial charge in [-0.1, -0.05) is 49.2 Å². The topological polar surface area (TPSA) is 76.5 Å². The minimum atomic E-state index is -0.0971. The van der Waals surface area contributed by atoms with Gasteiger partial charge in [-0.05, 0) is 43.3 Å². The Bertz CT molecular complexity index is 1220. The van der Waals surface area contributed by atoms with E-state index in [0.717, 1.165) is 22.9 Å². The Morgan fingerprint density at radius 2 is 2.00 bits per heavy atom. The number of thiophene rings is 1. The number of nitrogens with one attached hydrogen (secondary N) is 1. The molecule has 3 aromatic heterocycles. The number of nitrogens with zero attached hydrogens (tertiary/aromatic N) is 4. The molecule has 0 amide bonds. The van der Waals surface area contributed by atoms with E-state index in [1.54, 1.807) is 29.2 Å². The Hall–Kier alpha value is -2.45. The van der Waals surface area contributed by atoms with E-state index in [1.165, 1.54) is 37.0 Å². The van der Waals surface area contributed by atoms with Crippen molar-refractivity contribution >= 4 is 34.0 Å². The summed E-state index contributed by atoms with van der Waals surface area (Å²) in [5.41, 5.74) is 0.626. The number of thioether (sulfide) groups is 1. The highest BCUT2D eigenvalue weighted by Gasteiger charge is 2.25. The van der Waals surface area contributed by atoms with Gasteiger partial charge in [-0.25, -0.2) is 4.98 Å². The first-order chi connectivity index (χ1) is 15.2. The Balaban J connectivity index is 1.46. The van der Waals surface area contributed by atoms with Crippen molar-refractivity contribution in [3.05, 3.63) is 68.7 Å². The summed E-state index contributed by atoms with van der Waals surface area (Å²) in [4.78, 5) is 21.5. The lowest BCUT2D eigenvalue weighted by molar-refractivity contribution is 0.330. The zero-order valence-corrected chi connectivity index (χ0v) is 19.1. The molecule has 3 heterocycles. The second kappa shape index (κ2) is 8.96. The fourth-order valence-electron chi connectivity index (χ4n) is 4.29. The number of aromatic amines is 1. The van der Waals surface area contributed by atoms with Gasteiger partial charge in [0.1, 0.15) is 11.6 Å². The van der Waals surface area contributed by atoms with E-state index >= 15 is 0 Å². The van der Waals surface area contributed by atoms with Gasteiger partial charge in [-0.3, -0.25) is 4.79 Å². The molecule has 5 rings (SSSR count). The maximum Gasteiger partial charge on any atom is 0.258 e. The van der Waals surface area contributed by atoms with E-state index in [0.29, 0.717) is 17.3 Å². The number of rotatable bonds is 6. The molecule has 1 aromatic carbocycles. The molecule has 8 heteroatoms. The summed E-state index contributed by atoms with van der Waals surface area (Å²) >= 11 is 3.39. The summed E-state index contributed by atoms with van der Waals surface area (Å²) in [6, 6.07) is 12.1. The van der Waals surface area contributed by atoms with Crippen molar-refractivity contribution in [2.75, 3.05) is 0 Å². The summed E-state index contributed by atoms with van der Waals surface area (Å²) in [7, 11) is 0. The van der Waals surface area contributed by atoms with Crippen LogP contribution in [0.3, 0.4) is 0 Å². The van der Waals surface area contributed by atoms with Crippen molar-refractivity contribution in [1.29, 1.82) is 0 Å². The monoisotopic (exact) mass is 451 g/mol. The van der Waals surface area contributed by atoms with E-state index in [2.05, 4.69) is 44.2 Å². The van der Waals surface area contributed by atoms with Crippen LogP contribution in [-0.4, -0.2) is 24.7 Å². The van der Waals surface area contributed by atoms with Crippen LogP contribution in [0.5, 0.6) is 0 Å². The summed E-state index contributed by atoms with van der Waals surface area (Å²) < 4.78 is 2.36. The molecule has 31 heavy (non-hydrogen) atoms. The van der Waals surface area contributed by atoms with Crippen molar-refractivity contribution in [3.63, 3.8) is 0 Å². The molecule has 1 fully saturated rings.